The summed E-state index contributed by atoms with van der Waals surface area (Å²) in [6.45, 7) is 58.4. The van der Waals surface area contributed by atoms with Crippen LogP contribution in [-0.2, 0) is 186 Å². The molecule has 13 atom stereocenters. The van der Waals surface area contributed by atoms with Crippen molar-refractivity contribution in [3.8, 4) is 0 Å². The number of hydrogen-bond acceptors (Lipinski definition) is 11. The van der Waals surface area contributed by atoms with Crippen LogP contribution < -0.4 is 0 Å². The molecule has 580 valence electrons. The van der Waals surface area contributed by atoms with E-state index in [1.165, 1.54) is 44.9 Å². The summed E-state index contributed by atoms with van der Waals surface area (Å²) in [4.78, 5) is 86.8. The number of aliphatic hydroxyl groups is 3. The van der Waals surface area contributed by atoms with Crippen LogP contribution >= 0.6 is 0 Å². The Morgan fingerprint density at radius 1 is 0.412 bits per heavy atom. The van der Waals surface area contributed by atoms with Crippen molar-refractivity contribution < 1.29 is 201 Å². The number of Topliss-reactive ketones (excluding diaryl/α,β-unsaturated/α-hetero) is 6. The van der Waals surface area contributed by atoms with Crippen LogP contribution in [0.4, 0.5) is 0 Å². The summed E-state index contributed by atoms with van der Waals surface area (Å²) in [5.41, 5.74) is 0. The van der Waals surface area contributed by atoms with Gasteiger partial charge < -0.3 is 83.5 Å². The Hall–Kier alpha value is 2.06. The molecule has 18 heteroatoms. The Morgan fingerprint density at radius 2 is 0.660 bits per heavy atom. The van der Waals surface area contributed by atoms with E-state index in [0.717, 1.165) is 153 Å². The van der Waals surface area contributed by atoms with Gasteiger partial charge in [-0.15, -0.1) is 29.6 Å². The van der Waals surface area contributed by atoms with Crippen LogP contribution in [-0.4, -0.2) is 81.4 Å². The molecule has 5 rings (SSSR count). The first-order chi connectivity index (χ1) is 42.5. The number of rotatable bonds is 18. The fourth-order valence-electron chi connectivity index (χ4n) is 9.95. The SMILES string of the molecule is CCC.CCC(=O)CC(C)CC.CCC(C)CC.CCC(C)CC(O)CC.CCC(O)CC.CCC=O.CCC=O.CCO.[CH2-]C1CCCC(C)C1=O.[CH2-]C1CCCC(CC)C1=O.[CH2-]C1CCCC(CC)C1=O.[CH2-]C1CCCC(CC2CCCC([CH2-])C2=O)C1=O.[W].[W].[W].[W].[W].[W].[W]. The molecule has 0 radical (unpaired) electrons. The minimum absolute atomic E-state index is 0. The van der Waals surface area contributed by atoms with Crippen molar-refractivity contribution in [2.75, 3.05) is 6.61 Å². The molecule has 0 aromatic carbocycles. The van der Waals surface area contributed by atoms with E-state index >= 15 is 0 Å². The van der Waals surface area contributed by atoms with Gasteiger partial charge in [-0.2, -0.15) is 0 Å². The Bertz CT molecular complexity index is 1590. The van der Waals surface area contributed by atoms with Crippen molar-refractivity contribution in [3.05, 3.63) is 34.6 Å². The predicted octanol–water partition coefficient (Wildman–Crippen LogP) is 20.1. The zero-order valence-electron chi connectivity index (χ0n) is 65.4. The quantitative estimate of drug-likeness (QED) is 0.0872. The summed E-state index contributed by atoms with van der Waals surface area (Å²) in [5.74, 6) is 5.64. The van der Waals surface area contributed by atoms with Gasteiger partial charge in [0.15, 0.2) is 0 Å². The molecule has 0 amide bonds. The molecule has 5 aliphatic carbocycles. The normalized spacial score (nSPS) is 22.4. The number of carbonyl (C=O) groups is 8. The second kappa shape index (κ2) is 94.1. The van der Waals surface area contributed by atoms with Gasteiger partial charge in [0.2, 0.25) is 0 Å². The minimum atomic E-state index is -0.0695. The van der Waals surface area contributed by atoms with Crippen molar-refractivity contribution in [2.45, 2.75) is 343 Å². The average Bonchev–Trinajstić information content (AvgIpc) is 0.872. The van der Waals surface area contributed by atoms with Crippen LogP contribution in [0.3, 0.4) is 0 Å². The topological polar surface area (TPSA) is 197 Å². The fraction of sp³-hybridized carbons (Fsp3) is 0.835. The third-order valence-corrected chi connectivity index (χ3v) is 17.5. The molecule has 0 spiro atoms. The minimum Gasteiger partial charge on any atom is -0.397 e. The number of ketones is 6. The van der Waals surface area contributed by atoms with E-state index in [4.69, 9.17) is 15.3 Å². The molecule has 5 fully saturated rings. The number of aldehydes is 2. The molecule has 0 aliphatic heterocycles. The maximum absolute atomic E-state index is 12.0. The van der Waals surface area contributed by atoms with E-state index in [9.17, 15) is 38.4 Å². The summed E-state index contributed by atoms with van der Waals surface area (Å²) in [6.07, 6.45) is 32.7. The Kier molecular flexibility index (Phi) is 128. The standard InChI is InChI=1S/C15H22O2.2C9H15O.C8H13O.C8H18O.C8H16O.C6H14.C5H12O.2C3H6O.C3H8.C2H6O.7W/c1-10-5-3-7-12(14(10)16)9-13-8-4-6-11(2)15(13)17;2*1-3-8-6-4-5-7(2)9(8)10;1-6-4-3-5-7(2)8(6)9;2*1-4-7(3)6-8(9)5-2;1-4-6(3)5-2;1-3-5(6)4-2;2*1-2-3-4;1-3-2;1-2-3;;;;;;;/h10-13H,1-9H2;2*7-8H,2-6H2,1H3;6-7H,1,3-5H2,2H3;7-9H,4-6H2,1-3H3;7H,4-6H2,1-3H3;6H,4-5H2,1-3H3;5-6H,3-4H2,1-2H3;2*3H,2H2,1H3;3H2,1-2H3;3H,2H2,1H3;;;;;;;/q-2;3*-1;;;;;;;;;;;;;;;. The van der Waals surface area contributed by atoms with Crippen molar-refractivity contribution in [2.24, 2.45) is 76.9 Å². The maximum atomic E-state index is 12.0. The van der Waals surface area contributed by atoms with Crippen LogP contribution in [0, 0.1) is 112 Å². The molecule has 0 heterocycles. The molecule has 11 nitrogen and oxygen atoms in total. The van der Waals surface area contributed by atoms with E-state index in [-0.39, 0.29) is 225 Å². The van der Waals surface area contributed by atoms with Crippen LogP contribution in [0.2, 0.25) is 0 Å². The van der Waals surface area contributed by atoms with Gasteiger partial charge in [-0.1, -0.05) is 221 Å². The van der Waals surface area contributed by atoms with Gasteiger partial charge in [-0.3, -0.25) is 4.79 Å². The van der Waals surface area contributed by atoms with Crippen LogP contribution in [0.1, 0.15) is 331 Å². The van der Waals surface area contributed by atoms with Gasteiger partial charge >= 0.3 is 0 Å². The molecule has 5 aliphatic rings. The average molecular weight is 2560 g/mol. The molecular weight excluding hydrogens is 2410 g/mol. The number of hydrogen-bond donors (Lipinski definition) is 3. The second-order valence-corrected chi connectivity index (χ2v) is 25.9. The molecular formula is C79H151O11W7-5. The Morgan fingerprint density at radius 3 is 0.845 bits per heavy atom. The number of aliphatic hydroxyl groups excluding tert-OH is 3. The summed E-state index contributed by atoms with van der Waals surface area (Å²) >= 11 is 0. The predicted molar refractivity (Wildman–Crippen MR) is 384 cm³/mol. The Balaban J connectivity index is -0.0000000661. The molecule has 97 heavy (non-hydrogen) atoms. The van der Waals surface area contributed by atoms with Gasteiger partial charge in [-0.25, -0.2) is 0 Å². The maximum Gasteiger partial charge on any atom is 0.132 e. The summed E-state index contributed by atoms with van der Waals surface area (Å²) in [5, 5.41) is 25.4. The van der Waals surface area contributed by atoms with E-state index in [1.54, 1.807) is 6.92 Å². The van der Waals surface area contributed by atoms with E-state index in [1.807, 2.05) is 48.5 Å². The molecule has 0 bridgehead atoms. The van der Waals surface area contributed by atoms with Gasteiger partial charge in [0.05, 0.1) is 12.2 Å². The first kappa shape index (κ1) is 132. The molecule has 5 saturated carbocycles. The fourth-order valence-corrected chi connectivity index (χ4v) is 9.95. The van der Waals surface area contributed by atoms with E-state index in [0.29, 0.717) is 66.1 Å². The second-order valence-electron chi connectivity index (χ2n) is 25.9. The summed E-state index contributed by atoms with van der Waals surface area (Å²) in [6, 6.07) is 0. The van der Waals surface area contributed by atoms with Crippen LogP contribution in [0.15, 0.2) is 0 Å². The zero-order chi connectivity index (χ0) is 71.2. The van der Waals surface area contributed by atoms with Gasteiger partial charge in [0.25, 0.3) is 0 Å². The van der Waals surface area contributed by atoms with Crippen molar-refractivity contribution in [1.29, 1.82) is 0 Å². The monoisotopic (exact) mass is 2560 g/mol. The van der Waals surface area contributed by atoms with E-state index in [2.05, 4.69) is 111 Å². The molecule has 0 saturated heterocycles. The third-order valence-electron chi connectivity index (χ3n) is 17.5. The third kappa shape index (κ3) is 80.4. The first-order valence-corrected chi connectivity index (χ1v) is 36.7. The smallest absolute Gasteiger partial charge is 0.132 e. The van der Waals surface area contributed by atoms with Crippen LogP contribution in [0.25, 0.3) is 0 Å². The van der Waals surface area contributed by atoms with E-state index < -0.39 is 0 Å². The van der Waals surface area contributed by atoms with Gasteiger partial charge in [0.1, 0.15) is 47.3 Å². The molecule has 0 aromatic rings. The first-order valence-electron chi connectivity index (χ1n) is 36.7. The Labute approximate surface area is 702 Å². The van der Waals surface area contributed by atoms with Gasteiger partial charge in [-0.05, 0) is 102 Å². The largest absolute Gasteiger partial charge is 0.397 e. The van der Waals surface area contributed by atoms with Crippen molar-refractivity contribution in [1.82, 2.24) is 0 Å². The van der Waals surface area contributed by atoms with Crippen LogP contribution in [0.5, 0.6) is 0 Å². The van der Waals surface area contributed by atoms with Gasteiger partial charge in [0, 0.05) is 209 Å². The number of carbonyl (C=O) groups excluding carboxylic acids is 8. The van der Waals surface area contributed by atoms with Crippen molar-refractivity contribution >= 4 is 47.3 Å². The summed E-state index contributed by atoms with van der Waals surface area (Å²) < 4.78 is 0. The molecule has 3 N–H and O–H groups in total. The van der Waals surface area contributed by atoms with Crippen molar-refractivity contribution in [3.63, 3.8) is 0 Å². The molecule has 13 unspecified atom stereocenters. The molecule has 0 aromatic heterocycles. The zero-order valence-corrected chi connectivity index (χ0v) is 86.0. The summed E-state index contributed by atoms with van der Waals surface area (Å²) in [7, 11) is 0.